The normalized spacial score (nSPS) is 10.6. The first-order chi connectivity index (χ1) is 11.9. The molecule has 3 N–H and O–H groups in total. The molecule has 2 aromatic rings. The molecule has 0 aliphatic heterocycles. The summed E-state index contributed by atoms with van der Waals surface area (Å²) in [6.45, 7) is -0.217. The summed E-state index contributed by atoms with van der Waals surface area (Å²) >= 11 is 0. The first-order valence-corrected chi connectivity index (χ1v) is 8.61. The molecule has 25 heavy (non-hydrogen) atoms. The quantitative estimate of drug-likeness (QED) is 0.757. The van der Waals surface area contributed by atoms with Gasteiger partial charge in [0.15, 0.2) is 0 Å². The minimum Gasteiger partial charge on any atom is -0.480 e. The molecule has 0 atom stereocenters. The van der Waals surface area contributed by atoms with Crippen molar-refractivity contribution in [2.75, 3.05) is 13.2 Å². The summed E-state index contributed by atoms with van der Waals surface area (Å²) in [5, 5.41) is 0. The minimum absolute atomic E-state index is 0.0496. The number of halogens is 1. The van der Waals surface area contributed by atoms with Gasteiger partial charge in [0.05, 0.1) is 17.0 Å². The molecule has 8 heteroatoms. The number of carbonyl (C=O) groups excluding carboxylic acids is 1. The average molecular weight is 362 g/mol. The number of hydrogen-bond acceptors (Lipinski definition) is 4. The molecule has 0 unspecified atom stereocenters. The smallest absolute Gasteiger partial charge is 0.252 e. The second-order valence-electron chi connectivity index (χ2n) is 4.78. The van der Waals surface area contributed by atoms with E-state index in [1.165, 1.54) is 18.2 Å². The van der Waals surface area contributed by atoms with Crippen LogP contribution < -0.4 is 15.2 Å². The third kappa shape index (κ3) is 5.31. The molecule has 0 heterocycles. The number of nitrogens with two attached hydrogens (primary N) is 1. The Hall–Kier alpha value is -2.89. The van der Waals surface area contributed by atoms with Crippen molar-refractivity contribution in [1.82, 2.24) is 4.72 Å². The zero-order chi connectivity index (χ0) is 18.3. The van der Waals surface area contributed by atoms with Gasteiger partial charge in [-0.05, 0) is 30.3 Å². The van der Waals surface area contributed by atoms with Gasteiger partial charge in [0, 0.05) is 0 Å². The van der Waals surface area contributed by atoms with Crippen LogP contribution in [0.15, 0.2) is 53.4 Å². The Morgan fingerprint density at radius 2 is 1.92 bits per heavy atom. The number of hydrogen-bond donors (Lipinski definition) is 2. The van der Waals surface area contributed by atoms with Gasteiger partial charge in [0.25, 0.3) is 5.91 Å². The van der Waals surface area contributed by atoms with E-state index < -0.39 is 21.7 Å². The fourth-order valence-corrected chi connectivity index (χ4v) is 2.83. The Labute approximate surface area is 144 Å². The number of rotatable bonds is 6. The lowest BCUT2D eigenvalue weighted by Gasteiger charge is -2.06. The molecule has 1 amide bonds. The predicted molar refractivity (Wildman–Crippen MR) is 89.8 cm³/mol. The van der Waals surface area contributed by atoms with Crippen LogP contribution in [0.5, 0.6) is 5.75 Å². The molecule has 0 spiro atoms. The molecule has 0 aliphatic carbocycles. The Bertz CT molecular complexity index is 933. The van der Waals surface area contributed by atoms with Crippen molar-refractivity contribution in [1.29, 1.82) is 0 Å². The maximum Gasteiger partial charge on any atom is 0.252 e. The van der Waals surface area contributed by atoms with Crippen molar-refractivity contribution in [3.8, 4) is 17.6 Å². The van der Waals surface area contributed by atoms with Crippen molar-refractivity contribution >= 4 is 15.9 Å². The zero-order valence-electron chi connectivity index (χ0n) is 13.0. The number of nitrogens with one attached hydrogen (secondary N) is 1. The van der Waals surface area contributed by atoms with E-state index in [0.29, 0.717) is 5.75 Å². The Balaban J connectivity index is 1.89. The molecular weight excluding hydrogens is 347 g/mol. The summed E-state index contributed by atoms with van der Waals surface area (Å²) in [6, 6.07) is 11.1. The molecule has 6 nitrogen and oxygen atoms in total. The number of carbonyl (C=O) groups is 1. The molecular formula is C17H15FN2O4S. The van der Waals surface area contributed by atoms with E-state index in [2.05, 4.69) is 16.6 Å². The molecule has 0 aliphatic rings. The zero-order valence-corrected chi connectivity index (χ0v) is 13.8. The maximum atomic E-state index is 13.1. The van der Waals surface area contributed by atoms with Gasteiger partial charge in [-0.25, -0.2) is 12.8 Å². The molecule has 2 aromatic carbocycles. The predicted octanol–water partition coefficient (Wildman–Crippen LogP) is 1.29. The van der Waals surface area contributed by atoms with Crippen molar-refractivity contribution < 1.29 is 22.3 Å². The topological polar surface area (TPSA) is 98.5 Å². The van der Waals surface area contributed by atoms with Crippen LogP contribution in [-0.4, -0.2) is 27.5 Å². The van der Waals surface area contributed by atoms with E-state index in [-0.39, 0.29) is 23.6 Å². The van der Waals surface area contributed by atoms with E-state index in [1.807, 2.05) is 0 Å². The highest BCUT2D eigenvalue weighted by Gasteiger charge is 2.13. The summed E-state index contributed by atoms with van der Waals surface area (Å²) in [6.07, 6.45) is 0. The summed E-state index contributed by atoms with van der Waals surface area (Å²) in [5.41, 5.74) is 5.45. The molecule has 0 bridgehead atoms. The number of sulfonamides is 1. The molecule has 0 fully saturated rings. The van der Waals surface area contributed by atoms with E-state index >= 15 is 0 Å². The average Bonchev–Trinajstić information content (AvgIpc) is 2.58. The van der Waals surface area contributed by atoms with Gasteiger partial charge in [-0.15, -0.1) is 0 Å². The van der Waals surface area contributed by atoms with Gasteiger partial charge >= 0.3 is 0 Å². The highest BCUT2D eigenvalue weighted by atomic mass is 32.2. The van der Waals surface area contributed by atoms with Crippen molar-refractivity contribution in [3.05, 3.63) is 59.9 Å². The third-order valence-corrected chi connectivity index (χ3v) is 4.43. The Kier molecular flexibility index (Phi) is 6.11. The van der Waals surface area contributed by atoms with Gasteiger partial charge in [-0.3, -0.25) is 4.79 Å². The molecule has 0 saturated carbocycles. The number of ether oxygens (including phenoxy) is 1. The van der Waals surface area contributed by atoms with Crippen molar-refractivity contribution in [2.45, 2.75) is 4.90 Å². The van der Waals surface area contributed by atoms with Crippen molar-refractivity contribution in [2.24, 2.45) is 5.73 Å². The second-order valence-corrected chi connectivity index (χ2v) is 6.55. The van der Waals surface area contributed by atoms with Crippen LogP contribution in [0.2, 0.25) is 0 Å². The Morgan fingerprint density at radius 3 is 2.64 bits per heavy atom. The van der Waals surface area contributed by atoms with Gasteiger partial charge in [-0.1, -0.05) is 30.0 Å². The summed E-state index contributed by atoms with van der Waals surface area (Å²) < 4.78 is 44.5. The summed E-state index contributed by atoms with van der Waals surface area (Å²) in [5.74, 6) is 4.21. The first-order valence-electron chi connectivity index (χ1n) is 7.13. The molecule has 0 aromatic heterocycles. The highest BCUT2D eigenvalue weighted by Crippen LogP contribution is 2.16. The number of amides is 1. The van der Waals surface area contributed by atoms with Crippen LogP contribution >= 0.6 is 0 Å². The second kappa shape index (κ2) is 8.28. The van der Waals surface area contributed by atoms with Crippen LogP contribution in [0.25, 0.3) is 0 Å². The summed E-state index contributed by atoms with van der Waals surface area (Å²) in [7, 11) is -3.83. The highest BCUT2D eigenvalue weighted by molar-refractivity contribution is 7.89. The van der Waals surface area contributed by atoms with Crippen LogP contribution in [0, 0.1) is 17.7 Å². The van der Waals surface area contributed by atoms with Crippen LogP contribution in [0.4, 0.5) is 4.39 Å². The van der Waals surface area contributed by atoms with Crippen LogP contribution in [0.1, 0.15) is 10.4 Å². The number of para-hydroxylation sites is 1. The molecule has 130 valence electrons. The van der Waals surface area contributed by atoms with E-state index in [4.69, 9.17) is 10.5 Å². The standard InChI is InChI=1S/C17H15FN2O4S/c18-13-6-5-7-14(12-13)25(22,23)20-10-3-4-11-24-16-9-2-1-8-15(16)17(19)21/h1-2,5-9,12,20H,10-11H2,(H2,19,21). The maximum absolute atomic E-state index is 13.1. The number of benzene rings is 2. The van der Waals surface area contributed by atoms with Gasteiger partial charge < -0.3 is 10.5 Å². The Morgan fingerprint density at radius 1 is 1.16 bits per heavy atom. The fraction of sp³-hybridized carbons (Fsp3) is 0.118. The van der Waals surface area contributed by atoms with Crippen LogP contribution in [0.3, 0.4) is 0 Å². The van der Waals surface area contributed by atoms with Crippen molar-refractivity contribution in [3.63, 3.8) is 0 Å². The van der Waals surface area contributed by atoms with Gasteiger partial charge in [0.1, 0.15) is 18.2 Å². The number of primary amides is 1. The SMILES string of the molecule is NC(=O)c1ccccc1OCC#CCNS(=O)(=O)c1cccc(F)c1. The van der Waals surface area contributed by atoms with E-state index in [0.717, 1.165) is 12.1 Å². The van der Waals surface area contributed by atoms with Crippen LogP contribution in [-0.2, 0) is 10.0 Å². The molecule has 0 saturated heterocycles. The third-order valence-electron chi connectivity index (χ3n) is 3.03. The lowest BCUT2D eigenvalue weighted by atomic mass is 10.2. The molecule has 0 radical (unpaired) electrons. The van der Waals surface area contributed by atoms with Gasteiger partial charge in [-0.2, -0.15) is 4.72 Å². The first kappa shape index (κ1) is 18.4. The van der Waals surface area contributed by atoms with Gasteiger partial charge in [0.2, 0.25) is 10.0 Å². The monoisotopic (exact) mass is 362 g/mol. The largest absolute Gasteiger partial charge is 0.480 e. The lowest BCUT2D eigenvalue weighted by molar-refractivity contribution is 0.0997. The fourth-order valence-electron chi connectivity index (χ4n) is 1.87. The summed E-state index contributed by atoms with van der Waals surface area (Å²) in [4.78, 5) is 11.0. The van der Waals surface area contributed by atoms with E-state index in [9.17, 15) is 17.6 Å². The minimum atomic E-state index is -3.83. The van der Waals surface area contributed by atoms with E-state index in [1.54, 1.807) is 18.2 Å². The lowest BCUT2D eigenvalue weighted by Crippen LogP contribution is -2.24. The molecule has 2 rings (SSSR count).